The minimum atomic E-state index is -0.0802. The Balaban J connectivity index is 2.95. The molecule has 0 aliphatic carbocycles. The van der Waals surface area contributed by atoms with Crippen LogP contribution in [0.25, 0.3) is 0 Å². The average Bonchev–Trinajstić information content (AvgIpc) is 2.50. The van der Waals surface area contributed by atoms with E-state index in [0.29, 0.717) is 5.76 Å². The molecule has 0 fully saturated rings. The maximum atomic E-state index is 8.55. The highest BCUT2D eigenvalue weighted by molar-refractivity contribution is 5.30. The first kappa shape index (κ1) is 7.83. The van der Waals surface area contributed by atoms with Gasteiger partial charge in [-0.1, -0.05) is 6.92 Å². The first-order chi connectivity index (χ1) is 5.29. The number of nitrogens with two attached hydrogens (primary N) is 1. The fourth-order valence-corrected chi connectivity index (χ4v) is 0.922. The van der Waals surface area contributed by atoms with E-state index >= 15 is 0 Å². The Morgan fingerprint density at radius 1 is 1.82 bits per heavy atom. The molecule has 0 aliphatic rings. The normalized spacial score (nSPS) is 12.5. The van der Waals surface area contributed by atoms with Gasteiger partial charge in [-0.3, -0.25) is 0 Å². The van der Waals surface area contributed by atoms with E-state index in [1.165, 1.54) is 6.26 Å². The summed E-state index contributed by atoms with van der Waals surface area (Å²) in [6, 6.07) is 3.61. The Kier molecular flexibility index (Phi) is 2.29. The third kappa shape index (κ3) is 1.41. The van der Waals surface area contributed by atoms with E-state index < -0.39 is 0 Å². The van der Waals surface area contributed by atoms with Gasteiger partial charge in [0.2, 0.25) is 5.76 Å². The van der Waals surface area contributed by atoms with Gasteiger partial charge in [0, 0.05) is 11.6 Å². The van der Waals surface area contributed by atoms with E-state index in [1.807, 2.05) is 13.0 Å². The summed E-state index contributed by atoms with van der Waals surface area (Å²) in [7, 11) is 0. The molecule has 0 saturated carbocycles. The number of nitriles is 1. The van der Waals surface area contributed by atoms with Crippen molar-refractivity contribution < 1.29 is 4.42 Å². The second-order valence-electron chi connectivity index (χ2n) is 2.33. The molecule has 0 aromatic carbocycles. The zero-order valence-corrected chi connectivity index (χ0v) is 6.37. The Morgan fingerprint density at radius 3 is 3.09 bits per heavy atom. The van der Waals surface area contributed by atoms with E-state index in [4.69, 9.17) is 15.4 Å². The van der Waals surface area contributed by atoms with Gasteiger partial charge >= 0.3 is 0 Å². The van der Waals surface area contributed by atoms with Gasteiger partial charge in [0.15, 0.2) is 0 Å². The molecular formula is C8H10N2O. The molecule has 1 rings (SSSR count). The molecule has 0 radical (unpaired) electrons. The number of rotatable bonds is 2. The van der Waals surface area contributed by atoms with Crippen LogP contribution in [0.5, 0.6) is 0 Å². The van der Waals surface area contributed by atoms with Gasteiger partial charge < -0.3 is 10.2 Å². The molecule has 3 heteroatoms. The van der Waals surface area contributed by atoms with E-state index in [1.54, 1.807) is 6.07 Å². The van der Waals surface area contributed by atoms with Crippen molar-refractivity contribution in [2.24, 2.45) is 5.73 Å². The zero-order chi connectivity index (χ0) is 8.27. The standard InChI is InChI=1S/C8H10N2O/c1-2-7(10)6-3-4-11-8(6)5-9/h3-4,7H,2,10H2,1H3/t7-/m1/s1. The summed E-state index contributed by atoms with van der Waals surface area (Å²) in [5.74, 6) is 0.333. The molecule has 1 aromatic heterocycles. The molecular weight excluding hydrogens is 140 g/mol. The van der Waals surface area contributed by atoms with E-state index in [-0.39, 0.29) is 6.04 Å². The lowest BCUT2D eigenvalue weighted by atomic mass is 10.1. The first-order valence-corrected chi connectivity index (χ1v) is 3.52. The Labute approximate surface area is 65.4 Å². The van der Waals surface area contributed by atoms with Crippen LogP contribution in [0.1, 0.15) is 30.7 Å². The molecule has 0 aliphatic heterocycles. The molecule has 58 valence electrons. The van der Waals surface area contributed by atoms with E-state index in [9.17, 15) is 0 Å². The van der Waals surface area contributed by atoms with Gasteiger partial charge in [0.25, 0.3) is 0 Å². The van der Waals surface area contributed by atoms with Crippen LogP contribution in [-0.2, 0) is 0 Å². The molecule has 11 heavy (non-hydrogen) atoms. The highest BCUT2D eigenvalue weighted by atomic mass is 16.3. The van der Waals surface area contributed by atoms with Crippen molar-refractivity contribution in [3.8, 4) is 6.07 Å². The van der Waals surface area contributed by atoms with Crippen LogP contribution in [0.15, 0.2) is 16.7 Å². The zero-order valence-electron chi connectivity index (χ0n) is 6.37. The average molecular weight is 150 g/mol. The van der Waals surface area contributed by atoms with Crippen LogP contribution >= 0.6 is 0 Å². The third-order valence-corrected chi connectivity index (χ3v) is 1.64. The maximum Gasteiger partial charge on any atom is 0.207 e. The largest absolute Gasteiger partial charge is 0.454 e. The summed E-state index contributed by atoms with van der Waals surface area (Å²) in [6.45, 7) is 1.97. The molecule has 1 aromatic rings. The van der Waals surface area contributed by atoms with Crippen molar-refractivity contribution in [1.82, 2.24) is 0 Å². The van der Waals surface area contributed by atoms with E-state index in [2.05, 4.69) is 0 Å². The molecule has 1 atom stereocenters. The smallest absolute Gasteiger partial charge is 0.207 e. The predicted octanol–water partition coefficient (Wildman–Crippen LogP) is 1.56. The minimum absolute atomic E-state index is 0.0802. The van der Waals surface area contributed by atoms with Crippen LogP contribution in [-0.4, -0.2) is 0 Å². The molecule has 0 unspecified atom stereocenters. The molecule has 2 N–H and O–H groups in total. The second-order valence-corrected chi connectivity index (χ2v) is 2.33. The fourth-order valence-electron chi connectivity index (χ4n) is 0.922. The minimum Gasteiger partial charge on any atom is -0.454 e. The summed E-state index contributed by atoms with van der Waals surface area (Å²) < 4.78 is 4.90. The summed E-state index contributed by atoms with van der Waals surface area (Å²) in [4.78, 5) is 0. The van der Waals surface area contributed by atoms with Gasteiger partial charge in [-0.05, 0) is 12.5 Å². The Hall–Kier alpha value is -1.27. The lowest BCUT2D eigenvalue weighted by Gasteiger charge is -2.04. The van der Waals surface area contributed by atoms with Crippen molar-refractivity contribution in [1.29, 1.82) is 5.26 Å². The molecule has 1 heterocycles. The van der Waals surface area contributed by atoms with Crippen molar-refractivity contribution in [2.45, 2.75) is 19.4 Å². The monoisotopic (exact) mass is 150 g/mol. The van der Waals surface area contributed by atoms with Crippen LogP contribution in [0.4, 0.5) is 0 Å². The maximum absolute atomic E-state index is 8.55. The van der Waals surface area contributed by atoms with Crippen molar-refractivity contribution in [3.63, 3.8) is 0 Å². The van der Waals surface area contributed by atoms with Crippen molar-refractivity contribution >= 4 is 0 Å². The lowest BCUT2D eigenvalue weighted by Crippen LogP contribution is -2.08. The van der Waals surface area contributed by atoms with Crippen LogP contribution < -0.4 is 5.73 Å². The topological polar surface area (TPSA) is 62.9 Å². The number of nitrogens with zero attached hydrogens (tertiary/aromatic N) is 1. The highest BCUT2D eigenvalue weighted by Gasteiger charge is 2.10. The molecule has 0 spiro atoms. The second kappa shape index (κ2) is 3.22. The van der Waals surface area contributed by atoms with Gasteiger partial charge in [0.1, 0.15) is 6.07 Å². The van der Waals surface area contributed by atoms with Gasteiger partial charge in [-0.15, -0.1) is 0 Å². The third-order valence-electron chi connectivity index (χ3n) is 1.64. The fraction of sp³-hybridized carbons (Fsp3) is 0.375. The molecule has 0 amide bonds. The van der Waals surface area contributed by atoms with Gasteiger partial charge in [0.05, 0.1) is 6.26 Å². The SMILES string of the molecule is CC[C@@H](N)c1ccoc1C#N. The first-order valence-electron chi connectivity index (χ1n) is 3.52. The van der Waals surface area contributed by atoms with Gasteiger partial charge in [-0.25, -0.2) is 0 Å². The van der Waals surface area contributed by atoms with Crippen LogP contribution in [0, 0.1) is 11.3 Å². The Bertz CT molecular complexity index is 272. The lowest BCUT2D eigenvalue weighted by molar-refractivity contribution is 0.542. The van der Waals surface area contributed by atoms with Crippen LogP contribution in [0.3, 0.4) is 0 Å². The number of hydrogen-bond donors (Lipinski definition) is 1. The van der Waals surface area contributed by atoms with Crippen molar-refractivity contribution in [3.05, 3.63) is 23.7 Å². The number of furan rings is 1. The number of hydrogen-bond acceptors (Lipinski definition) is 3. The molecule has 3 nitrogen and oxygen atoms in total. The summed E-state index contributed by atoms with van der Waals surface area (Å²) >= 11 is 0. The van der Waals surface area contributed by atoms with Crippen molar-refractivity contribution in [2.75, 3.05) is 0 Å². The molecule has 0 bridgehead atoms. The Morgan fingerprint density at radius 2 is 2.55 bits per heavy atom. The highest BCUT2D eigenvalue weighted by Crippen LogP contribution is 2.18. The summed E-state index contributed by atoms with van der Waals surface area (Å²) in [6.07, 6.45) is 2.30. The van der Waals surface area contributed by atoms with Gasteiger partial charge in [-0.2, -0.15) is 5.26 Å². The predicted molar refractivity (Wildman–Crippen MR) is 40.6 cm³/mol. The summed E-state index contributed by atoms with van der Waals surface area (Å²) in [5.41, 5.74) is 6.50. The quantitative estimate of drug-likeness (QED) is 0.695. The summed E-state index contributed by atoms with van der Waals surface area (Å²) in [5, 5.41) is 8.55. The van der Waals surface area contributed by atoms with Crippen LogP contribution in [0.2, 0.25) is 0 Å². The molecule has 0 saturated heterocycles. The van der Waals surface area contributed by atoms with E-state index in [0.717, 1.165) is 12.0 Å².